The van der Waals surface area contributed by atoms with Crippen LogP contribution in [0.15, 0.2) is 16.8 Å². The summed E-state index contributed by atoms with van der Waals surface area (Å²) < 4.78 is 0. The second-order valence-electron chi connectivity index (χ2n) is 5.32. The van der Waals surface area contributed by atoms with Crippen LogP contribution in [0.4, 0.5) is 0 Å². The summed E-state index contributed by atoms with van der Waals surface area (Å²) in [5.41, 5.74) is 4.07. The maximum absolute atomic E-state index is 12.1. The highest BCUT2D eigenvalue weighted by molar-refractivity contribution is 7.07. The number of carbonyl (C=O) groups is 1. The zero-order chi connectivity index (χ0) is 14.1. The number of aromatic nitrogens is 2. The van der Waals surface area contributed by atoms with Crippen LogP contribution in [0.1, 0.15) is 27.3 Å². The fourth-order valence-corrected chi connectivity index (χ4v) is 3.18. The van der Waals surface area contributed by atoms with Crippen LogP contribution >= 0.6 is 11.3 Å². The van der Waals surface area contributed by atoms with Crippen LogP contribution in [0, 0.1) is 0 Å². The Morgan fingerprint density at radius 2 is 2.40 bits per heavy atom. The average molecular weight is 290 g/mol. The minimum Gasteiger partial charge on any atom is -0.343 e. The lowest BCUT2D eigenvalue weighted by Crippen LogP contribution is -2.31. The largest absolute Gasteiger partial charge is 0.343 e. The van der Waals surface area contributed by atoms with Gasteiger partial charge in [-0.05, 0) is 22.4 Å². The number of rotatable bonds is 3. The van der Waals surface area contributed by atoms with E-state index in [0.29, 0.717) is 5.69 Å². The highest BCUT2D eigenvalue weighted by Crippen LogP contribution is 2.23. The van der Waals surface area contributed by atoms with E-state index in [4.69, 9.17) is 0 Å². The number of nitrogens with zero attached hydrogens (tertiary/aromatic N) is 3. The molecule has 0 bridgehead atoms. The van der Waals surface area contributed by atoms with E-state index in [2.05, 4.69) is 31.9 Å². The van der Waals surface area contributed by atoms with Crippen molar-refractivity contribution in [2.24, 2.45) is 0 Å². The smallest absolute Gasteiger partial charge is 0.274 e. The Hall–Kier alpha value is -1.66. The fourth-order valence-electron chi connectivity index (χ4n) is 2.52. The Kier molecular flexibility index (Phi) is 3.58. The van der Waals surface area contributed by atoms with Crippen molar-refractivity contribution in [2.75, 3.05) is 20.6 Å². The molecule has 1 N–H and O–H groups in total. The summed E-state index contributed by atoms with van der Waals surface area (Å²) >= 11 is 1.72. The van der Waals surface area contributed by atoms with E-state index in [0.717, 1.165) is 37.3 Å². The van der Waals surface area contributed by atoms with E-state index < -0.39 is 0 Å². The Bertz CT molecular complexity index is 603. The molecule has 5 nitrogen and oxygen atoms in total. The number of nitrogens with one attached hydrogen (secondary N) is 1. The summed E-state index contributed by atoms with van der Waals surface area (Å²) in [5, 5.41) is 11.5. The molecule has 0 saturated heterocycles. The summed E-state index contributed by atoms with van der Waals surface area (Å²) in [6.45, 7) is 2.72. The van der Waals surface area contributed by atoms with Gasteiger partial charge in [0.1, 0.15) is 0 Å². The third-order valence-corrected chi connectivity index (χ3v) is 4.34. The van der Waals surface area contributed by atoms with Crippen molar-refractivity contribution in [3.8, 4) is 0 Å². The molecule has 0 radical (unpaired) electrons. The van der Waals surface area contributed by atoms with Gasteiger partial charge in [-0.2, -0.15) is 16.4 Å². The molecule has 0 aromatic carbocycles. The number of aromatic amines is 1. The van der Waals surface area contributed by atoms with Crippen molar-refractivity contribution >= 4 is 17.2 Å². The molecule has 3 rings (SSSR count). The first-order chi connectivity index (χ1) is 9.65. The van der Waals surface area contributed by atoms with Gasteiger partial charge in [0, 0.05) is 51.4 Å². The molecule has 1 amide bonds. The molecule has 6 heteroatoms. The molecular weight excluding hydrogens is 272 g/mol. The Labute approximate surface area is 122 Å². The van der Waals surface area contributed by atoms with Gasteiger partial charge in [0.15, 0.2) is 5.69 Å². The van der Waals surface area contributed by atoms with Gasteiger partial charge in [-0.1, -0.05) is 0 Å². The quantitative estimate of drug-likeness (QED) is 0.936. The van der Waals surface area contributed by atoms with E-state index in [1.165, 1.54) is 5.56 Å². The summed E-state index contributed by atoms with van der Waals surface area (Å²) in [4.78, 5) is 16.1. The van der Waals surface area contributed by atoms with Crippen molar-refractivity contribution < 1.29 is 4.79 Å². The third kappa shape index (κ3) is 2.48. The third-order valence-electron chi connectivity index (χ3n) is 3.61. The topological polar surface area (TPSA) is 52.2 Å². The summed E-state index contributed by atoms with van der Waals surface area (Å²) in [6, 6.07) is 2.15. The van der Waals surface area contributed by atoms with Gasteiger partial charge in [-0.25, -0.2) is 0 Å². The molecule has 3 heterocycles. The molecule has 0 saturated carbocycles. The fraction of sp³-hybridized carbons (Fsp3) is 0.429. The second-order valence-corrected chi connectivity index (χ2v) is 6.10. The number of hydrogen-bond donors (Lipinski definition) is 1. The summed E-state index contributed by atoms with van der Waals surface area (Å²) in [7, 11) is 3.52. The molecule has 1 aliphatic rings. The first kappa shape index (κ1) is 13.3. The standard InChI is InChI=1S/C14H18N4OS/c1-17(2)14(19)13-11-8-18(5-3-12(11)15-16-13)7-10-4-6-20-9-10/h4,6,9H,3,5,7-8H2,1-2H3,(H,15,16). The molecule has 2 aromatic rings. The van der Waals surface area contributed by atoms with Crippen molar-refractivity contribution in [3.63, 3.8) is 0 Å². The van der Waals surface area contributed by atoms with Gasteiger partial charge in [0.05, 0.1) is 0 Å². The van der Waals surface area contributed by atoms with Crippen molar-refractivity contribution in [1.82, 2.24) is 20.0 Å². The van der Waals surface area contributed by atoms with E-state index in [1.54, 1.807) is 30.3 Å². The maximum Gasteiger partial charge on any atom is 0.274 e. The number of thiophene rings is 1. The van der Waals surface area contributed by atoms with E-state index in [1.807, 2.05) is 0 Å². The molecule has 0 atom stereocenters. The lowest BCUT2D eigenvalue weighted by Gasteiger charge is -2.26. The number of carbonyl (C=O) groups excluding carboxylic acids is 1. The minimum atomic E-state index is -0.0279. The average Bonchev–Trinajstić information content (AvgIpc) is 3.06. The Morgan fingerprint density at radius 3 is 3.10 bits per heavy atom. The summed E-state index contributed by atoms with van der Waals surface area (Å²) in [5.74, 6) is -0.0279. The van der Waals surface area contributed by atoms with Crippen LogP contribution in [0.5, 0.6) is 0 Å². The zero-order valence-electron chi connectivity index (χ0n) is 11.7. The molecule has 20 heavy (non-hydrogen) atoms. The molecule has 0 unspecified atom stereocenters. The summed E-state index contributed by atoms with van der Waals surface area (Å²) in [6.07, 6.45) is 0.924. The van der Waals surface area contributed by atoms with Gasteiger partial charge in [0.2, 0.25) is 0 Å². The van der Waals surface area contributed by atoms with Crippen molar-refractivity contribution in [2.45, 2.75) is 19.5 Å². The molecule has 0 spiro atoms. The molecule has 106 valence electrons. The SMILES string of the molecule is CN(C)C(=O)c1n[nH]c2c1CN(Cc1ccsc1)CC2. The molecule has 1 aliphatic heterocycles. The van der Waals surface area contributed by atoms with Gasteiger partial charge >= 0.3 is 0 Å². The minimum absolute atomic E-state index is 0.0279. The van der Waals surface area contributed by atoms with E-state index in [9.17, 15) is 4.79 Å². The van der Waals surface area contributed by atoms with Crippen LogP contribution in [0.25, 0.3) is 0 Å². The Balaban J connectivity index is 1.79. The first-order valence-electron chi connectivity index (χ1n) is 6.66. The van der Waals surface area contributed by atoms with Crippen LogP contribution in [-0.2, 0) is 19.5 Å². The number of hydrogen-bond acceptors (Lipinski definition) is 4. The predicted octanol–water partition coefficient (Wildman–Crippen LogP) is 1.73. The van der Waals surface area contributed by atoms with E-state index >= 15 is 0 Å². The van der Waals surface area contributed by atoms with Gasteiger partial charge < -0.3 is 4.90 Å². The first-order valence-corrected chi connectivity index (χ1v) is 7.60. The number of fused-ring (bicyclic) bond motifs is 1. The highest BCUT2D eigenvalue weighted by atomic mass is 32.1. The van der Waals surface area contributed by atoms with Crippen LogP contribution < -0.4 is 0 Å². The molecule has 0 aliphatic carbocycles. The predicted molar refractivity (Wildman–Crippen MR) is 78.7 cm³/mol. The maximum atomic E-state index is 12.1. The normalized spacial score (nSPS) is 15.1. The number of amides is 1. The highest BCUT2D eigenvalue weighted by Gasteiger charge is 2.26. The lowest BCUT2D eigenvalue weighted by atomic mass is 10.0. The monoisotopic (exact) mass is 290 g/mol. The Morgan fingerprint density at radius 1 is 1.55 bits per heavy atom. The van der Waals surface area contributed by atoms with E-state index in [-0.39, 0.29) is 5.91 Å². The zero-order valence-corrected chi connectivity index (χ0v) is 12.5. The van der Waals surface area contributed by atoms with Gasteiger partial charge in [-0.15, -0.1) is 0 Å². The molecular formula is C14H18N4OS. The van der Waals surface area contributed by atoms with Crippen LogP contribution in [0.3, 0.4) is 0 Å². The lowest BCUT2D eigenvalue weighted by molar-refractivity contribution is 0.0819. The number of H-pyrrole nitrogens is 1. The van der Waals surface area contributed by atoms with Crippen molar-refractivity contribution in [3.05, 3.63) is 39.3 Å². The second kappa shape index (κ2) is 5.38. The molecule has 0 fully saturated rings. The molecule has 2 aromatic heterocycles. The van der Waals surface area contributed by atoms with Gasteiger partial charge in [-0.3, -0.25) is 14.8 Å². The van der Waals surface area contributed by atoms with Gasteiger partial charge in [0.25, 0.3) is 5.91 Å². The van der Waals surface area contributed by atoms with Crippen molar-refractivity contribution in [1.29, 1.82) is 0 Å². The van der Waals surface area contributed by atoms with Crippen LogP contribution in [0.2, 0.25) is 0 Å². The van der Waals surface area contributed by atoms with Crippen LogP contribution in [-0.4, -0.2) is 46.5 Å².